The third-order valence-electron chi connectivity index (χ3n) is 4.80. The lowest BCUT2D eigenvalue weighted by Gasteiger charge is -2.35. The van der Waals surface area contributed by atoms with E-state index in [9.17, 15) is 17.6 Å². The summed E-state index contributed by atoms with van der Waals surface area (Å²) >= 11 is 5.74. The fourth-order valence-electron chi connectivity index (χ4n) is 3.07. The summed E-state index contributed by atoms with van der Waals surface area (Å²) in [4.78, 5) is 16.8. The molecular formula is C19H22ClFN4O3S. The average molecular weight is 441 g/mol. The van der Waals surface area contributed by atoms with Crippen molar-refractivity contribution < 1.29 is 17.6 Å². The Balaban J connectivity index is 1.93. The quantitative estimate of drug-likeness (QED) is 0.746. The number of likely N-dealkylation sites (N-methyl/N-ethyl adjacent to an activating group) is 1. The zero-order valence-electron chi connectivity index (χ0n) is 16.1. The molecule has 3 rings (SSSR count). The van der Waals surface area contributed by atoms with E-state index in [1.165, 1.54) is 25.2 Å². The summed E-state index contributed by atoms with van der Waals surface area (Å²) < 4.78 is 40.8. The Morgan fingerprint density at radius 2 is 1.79 bits per heavy atom. The Morgan fingerprint density at radius 1 is 1.10 bits per heavy atom. The van der Waals surface area contributed by atoms with Crippen LogP contribution in [0.1, 0.15) is 10.4 Å². The van der Waals surface area contributed by atoms with Crippen LogP contribution < -0.4 is 14.9 Å². The average Bonchev–Trinajstić information content (AvgIpc) is 2.71. The highest BCUT2D eigenvalue weighted by molar-refractivity contribution is 7.89. The number of benzene rings is 2. The number of rotatable bonds is 5. The van der Waals surface area contributed by atoms with Gasteiger partial charge in [-0.1, -0.05) is 11.6 Å². The molecule has 0 aromatic heterocycles. The van der Waals surface area contributed by atoms with Crippen LogP contribution in [0.3, 0.4) is 0 Å². The van der Waals surface area contributed by atoms with Gasteiger partial charge in [0.15, 0.2) is 0 Å². The second-order valence-electron chi connectivity index (χ2n) is 6.76. The highest BCUT2D eigenvalue weighted by Crippen LogP contribution is 2.28. The van der Waals surface area contributed by atoms with E-state index < -0.39 is 21.7 Å². The van der Waals surface area contributed by atoms with Crippen molar-refractivity contribution >= 4 is 38.9 Å². The summed E-state index contributed by atoms with van der Waals surface area (Å²) in [6.45, 7) is 2.99. The minimum Gasteiger partial charge on any atom is -0.368 e. The molecule has 1 heterocycles. The van der Waals surface area contributed by atoms with E-state index in [0.29, 0.717) is 24.5 Å². The molecule has 2 aromatic carbocycles. The van der Waals surface area contributed by atoms with Crippen molar-refractivity contribution in [3.63, 3.8) is 0 Å². The van der Waals surface area contributed by atoms with Gasteiger partial charge in [0.05, 0.1) is 10.7 Å². The zero-order chi connectivity index (χ0) is 21.2. The molecule has 0 aliphatic carbocycles. The third kappa shape index (κ3) is 4.87. The first-order chi connectivity index (χ1) is 13.7. The maximum absolute atomic E-state index is 13.3. The van der Waals surface area contributed by atoms with E-state index in [-0.39, 0.29) is 15.5 Å². The number of anilines is 2. The van der Waals surface area contributed by atoms with Crippen molar-refractivity contribution in [1.29, 1.82) is 0 Å². The van der Waals surface area contributed by atoms with Crippen LogP contribution in [0.15, 0.2) is 41.3 Å². The molecule has 2 N–H and O–H groups in total. The Labute approximate surface area is 174 Å². The van der Waals surface area contributed by atoms with Gasteiger partial charge in [-0.25, -0.2) is 17.5 Å². The zero-order valence-corrected chi connectivity index (χ0v) is 17.6. The molecule has 1 amide bonds. The minimum absolute atomic E-state index is 0.0364. The lowest BCUT2D eigenvalue weighted by atomic mass is 10.1. The van der Waals surface area contributed by atoms with Gasteiger partial charge in [-0.05, 0) is 50.5 Å². The molecular weight excluding hydrogens is 419 g/mol. The topological polar surface area (TPSA) is 81.7 Å². The Morgan fingerprint density at radius 3 is 2.41 bits per heavy atom. The van der Waals surface area contributed by atoms with Crippen molar-refractivity contribution in [1.82, 2.24) is 9.62 Å². The van der Waals surface area contributed by atoms with Gasteiger partial charge in [0, 0.05) is 37.4 Å². The molecule has 0 saturated carbocycles. The van der Waals surface area contributed by atoms with Gasteiger partial charge in [0.1, 0.15) is 10.7 Å². The summed E-state index contributed by atoms with van der Waals surface area (Å²) in [6.07, 6.45) is 0. The van der Waals surface area contributed by atoms with E-state index in [1.807, 2.05) is 11.9 Å². The molecule has 1 aliphatic rings. The van der Waals surface area contributed by atoms with E-state index in [1.54, 1.807) is 12.1 Å². The number of amides is 1. The van der Waals surface area contributed by atoms with Crippen LogP contribution in [-0.4, -0.2) is 59.5 Å². The Bertz CT molecular complexity index is 1020. The van der Waals surface area contributed by atoms with Crippen LogP contribution in [0, 0.1) is 5.82 Å². The molecule has 1 saturated heterocycles. The fourth-order valence-corrected chi connectivity index (χ4v) is 4.22. The minimum atomic E-state index is -3.79. The number of halogens is 2. The van der Waals surface area contributed by atoms with Crippen LogP contribution in [0.4, 0.5) is 15.8 Å². The molecule has 156 valence electrons. The number of hydrogen-bond donors (Lipinski definition) is 2. The lowest BCUT2D eigenvalue weighted by molar-refractivity contribution is 0.102. The summed E-state index contributed by atoms with van der Waals surface area (Å²) in [5.74, 6) is -1.12. The molecule has 7 nitrogen and oxygen atoms in total. The molecule has 0 unspecified atom stereocenters. The number of nitrogens with zero attached hydrogens (tertiary/aromatic N) is 2. The van der Waals surface area contributed by atoms with E-state index in [0.717, 1.165) is 19.2 Å². The predicted octanol–water partition coefficient (Wildman–Crippen LogP) is 2.39. The second-order valence-corrected chi connectivity index (χ2v) is 9.03. The molecule has 0 atom stereocenters. The summed E-state index contributed by atoms with van der Waals surface area (Å²) in [6, 6.07) is 8.37. The number of hydrogen-bond acceptors (Lipinski definition) is 5. The van der Waals surface area contributed by atoms with Gasteiger partial charge in [0.25, 0.3) is 5.91 Å². The van der Waals surface area contributed by atoms with Crippen molar-refractivity contribution in [2.75, 3.05) is 50.5 Å². The molecule has 0 spiro atoms. The van der Waals surface area contributed by atoms with Gasteiger partial charge >= 0.3 is 0 Å². The van der Waals surface area contributed by atoms with Crippen LogP contribution in [-0.2, 0) is 10.0 Å². The molecule has 0 bridgehead atoms. The summed E-state index contributed by atoms with van der Waals surface area (Å²) in [5, 5.41) is 2.48. The van der Waals surface area contributed by atoms with Gasteiger partial charge in [-0.2, -0.15) is 0 Å². The van der Waals surface area contributed by atoms with Gasteiger partial charge in [0.2, 0.25) is 10.0 Å². The first-order valence-corrected chi connectivity index (χ1v) is 10.8. The fraction of sp³-hybridized carbons (Fsp3) is 0.316. The van der Waals surface area contributed by atoms with Crippen LogP contribution >= 0.6 is 11.6 Å². The smallest absolute Gasteiger partial charge is 0.255 e. The molecule has 0 radical (unpaired) electrons. The summed E-state index contributed by atoms with van der Waals surface area (Å²) in [7, 11) is -0.448. The Kier molecular flexibility index (Phi) is 6.42. The van der Waals surface area contributed by atoms with Crippen molar-refractivity contribution in [3.8, 4) is 0 Å². The van der Waals surface area contributed by atoms with E-state index in [4.69, 9.17) is 11.6 Å². The largest absolute Gasteiger partial charge is 0.368 e. The first-order valence-electron chi connectivity index (χ1n) is 8.99. The number of piperazine rings is 1. The lowest BCUT2D eigenvalue weighted by Crippen LogP contribution is -2.45. The van der Waals surface area contributed by atoms with Crippen molar-refractivity contribution in [3.05, 3.63) is 52.8 Å². The molecule has 1 fully saturated rings. The van der Waals surface area contributed by atoms with Gasteiger partial charge < -0.3 is 15.1 Å². The monoisotopic (exact) mass is 440 g/mol. The van der Waals surface area contributed by atoms with Crippen LogP contribution in [0.25, 0.3) is 0 Å². The van der Waals surface area contributed by atoms with Crippen LogP contribution in [0.2, 0.25) is 5.02 Å². The van der Waals surface area contributed by atoms with Crippen molar-refractivity contribution in [2.45, 2.75) is 4.90 Å². The van der Waals surface area contributed by atoms with Gasteiger partial charge in [-0.15, -0.1) is 0 Å². The maximum atomic E-state index is 13.3. The molecule has 2 aromatic rings. The van der Waals surface area contributed by atoms with Gasteiger partial charge in [-0.3, -0.25) is 4.79 Å². The number of carbonyl (C=O) groups is 1. The second kappa shape index (κ2) is 8.66. The predicted molar refractivity (Wildman–Crippen MR) is 112 cm³/mol. The number of carbonyl (C=O) groups excluding carboxylic acids is 1. The summed E-state index contributed by atoms with van der Waals surface area (Å²) in [5.41, 5.74) is 1.02. The highest BCUT2D eigenvalue weighted by atomic mass is 35.5. The normalized spacial score (nSPS) is 15.4. The SMILES string of the molecule is CNS(=O)(=O)c1cc(C(=O)Nc2ccc(F)c(Cl)c2)ccc1N1CCN(C)CC1. The van der Waals surface area contributed by atoms with E-state index >= 15 is 0 Å². The maximum Gasteiger partial charge on any atom is 0.255 e. The first kappa shape index (κ1) is 21.5. The number of nitrogens with one attached hydrogen (secondary N) is 2. The number of sulfonamides is 1. The molecule has 10 heteroatoms. The van der Waals surface area contributed by atoms with Crippen molar-refractivity contribution in [2.24, 2.45) is 0 Å². The Hall–Kier alpha value is -2.20. The molecule has 29 heavy (non-hydrogen) atoms. The molecule has 1 aliphatic heterocycles. The van der Waals surface area contributed by atoms with Crippen LogP contribution in [0.5, 0.6) is 0 Å². The van der Waals surface area contributed by atoms with E-state index in [2.05, 4.69) is 14.9 Å². The standard InChI is InChI=1S/C19H22ClFN4O3S/c1-22-29(27,28)18-11-13(3-6-17(18)25-9-7-24(2)8-10-25)19(26)23-14-4-5-16(21)15(20)12-14/h3-6,11-12,22H,7-10H2,1-2H3,(H,23,26). The third-order valence-corrected chi connectivity index (χ3v) is 6.53. The highest BCUT2D eigenvalue weighted by Gasteiger charge is 2.24.